The van der Waals surface area contributed by atoms with Gasteiger partial charge in [0.2, 0.25) is 0 Å². The highest BCUT2D eigenvalue weighted by molar-refractivity contribution is 5.03. The van der Waals surface area contributed by atoms with Crippen LogP contribution in [-0.2, 0) is 6.42 Å². The van der Waals surface area contributed by atoms with Crippen LogP contribution in [0.5, 0.6) is 0 Å². The summed E-state index contributed by atoms with van der Waals surface area (Å²) >= 11 is 0. The Morgan fingerprint density at radius 1 is 1.06 bits per heavy atom. The monoisotopic (exact) mass is 249 g/mol. The Labute approximate surface area is 111 Å². The number of aryl methyl sites for hydroxylation is 1. The van der Waals surface area contributed by atoms with E-state index < -0.39 is 0 Å². The molecule has 0 bridgehead atoms. The molecule has 1 aromatic heterocycles. The van der Waals surface area contributed by atoms with Gasteiger partial charge in [0.25, 0.3) is 0 Å². The number of hydrogen-bond donors (Lipinski definition) is 2. The van der Waals surface area contributed by atoms with Crippen LogP contribution < -0.4 is 10.6 Å². The lowest BCUT2D eigenvalue weighted by atomic mass is 10.2. The van der Waals surface area contributed by atoms with Gasteiger partial charge in [0.15, 0.2) is 0 Å². The van der Waals surface area contributed by atoms with E-state index in [2.05, 4.69) is 41.6 Å². The van der Waals surface area contributed by atoms with E-state index in [1.807, 2.05) is 12.3 Å². The van der Waals surface area contributed by atoms with E-state index in [0.717, 1.165) is 44.9 Å². The summed E-state index contributed by atoms with van der Waals surface area (Å²) in [5.41, 5.74) is 1.19. The van der Waals surface area contributed by atoms with Crippen molar-refractivity contribution in [1.29, 1.82) is 0 Å². The molecule has 0 aliphatic heterocycles. The summed E-state index contributed by atoms with van der Waals surface area (Å²) in [6, 6.07) is 6.11. The molecule has 1 aromatic rings. The molecule has 3 nitrogen and oxygen atoms in total. The van der Waals surface area contributed by atoms with Crippen molar-refractivity contribution in [2.45, 2.75) is 33.1 Å². The van der Waals surface area contributed by atoms with Crippen molar-refractivity contribution in [1.82, 2.24) is 15.6 Å². The van der Waals surface area contributed by atoms with Crippen LogP contribution >= 0.6 is 0 Å². The molecule has 18 heavy (non-hydrogen) atoms. The van der Waals surface area contributed by atoms with Gasteiger partial charge < -0.3 is 10.6 Å². The van der Waals surface area contributed by atoms with Crippen LogP contribution in [-0.4, -0.2) is 31.2 Å². The van der Waals surface area contributed by atoms with Crippen molar-refractivity contribution in [2.24, 2.45) is 5.92 Å². The first kappa shape index (κ1) is 15.1. The smallest absolute Gasteiger partial charge is 0.0404 e. The van der Waals surface area contributed by atoms with Crippen molar-refractivity contribution in [3.63, 3.8) is 0 Å². The van der Waals surface area contributed by atoms with E-state index in [1.165, 1.54) is 12.1 Å². The van der Waals surface area contributed by atoms with Crippen molar-refractivity contribution < 1.29 is 0 Å². The average molecular weight is 249 g/mol. The Morgan fingerprint density at radius 2 is 1.83 bits per heavy atom. The highest BCUT2D eigenvalue weighted by Gasteiger charge is 1.94. The topological polar surface area (TPSA) is 37.0 Å². The first-order chi connectivity index (χ1) is 8.79. The minimum Gasteiger partial charge on any atom is -0.317 e. The summed E-state index contributed by atoms with van der Waals surface area (Å²) in [5, 5.41) is 6.93. The molecule has 0 unspecified atom stereocenters. The van der Waals surface area contributed by atoms with Gasteiger partial charge in [-0.2, -0.15) is 0 Å². The lowest BCUT2D eigenvalue weighted by Crippen LogP contribution is -2.25. The van der Waals surface area contributed by atoms with Crippen LogP contribution in [0.15, 0.2) is 24.4 Å². The summed E-state index contributed by atoms with van der Waals surface area (Å²) < 4.78 is 0. The Hall–Kier alpha value is -0.930. The van der Waals surface area contributed by atoms with Gasteiger partial charge in [-0.15, -0.1) is 0 Å². The molecule has 102 valence electrons. The van der Waals surface area contributed by atoms with E-state index in [0.29, 0.717) is 0 Å². The maximum absolute atomic E-state index is 4.32. The predicted octanol–water partition coefficient (Wildman–Crippen LogP) is 2.24. The third-order valence-electron chi connectivity index (χ3n) is 2.77. The van der Waals surface area contributed by atoms with Crippen molar-refractivity contribution in [3.8, 4) is 0 Å². The molecule has 2 N–H and O–H groups in total. The molecule has 0 aliphatic carbocycles. The molecular formula is C15H27N3. The van der Waals surface area contributed by atoms with E-state index in [9.17, 15) is 0 Å². The molecule has 0 spiro atoms. The van der Waals surface area contributed by atoms with Gasteiger partial charge in [-0.3, -0.25) is 4.98 Å². The highest BCUT2D eigenvalue weighted by atomic mass is 14.9. The van der Waals surface area contributed by atoms with Crippen LogP contribution in [0.2, 0.25) is 0 Å². The number of hydrogen-bond acceptors (Lipinski definition) is 3. The fourth-order valence-electron chi connectivity index (χ4n) is 1.79. The Bertz CT molecular complexity index is 285. The SMILES string of the molecule is CC(C)CNCCCNCCCc1ccccn1. The quantitative estimate of drug-likeness (QED) is 0.624. The maximum atomic E-state index is 4.32. The molecule has 1 heterocycles. The molecule has 1 rings (SSSR count). The van der Waals surface area contributed by atoms with Gasteiger partial charge in [-0.05, 0) is 63.5 Å². The Morgan fingerprint density at radius 3 is 2.56 bits per heavy atom. The third kappa shape index (κ3) is 8.20. The first-order valence-corrected chi connectivity index (χ1v) is 7.10. The zero-order valence-corrected chi connectivity index (χ0v) is 11.8. The number of nitrogens with zero attached hydrogens (tertiary/aromatic N) is 1. The Balaban J connectivity index is 1.84. The molecule has 0 radical (unpaired) electrons. The standard InChI is InChI=1S/C15H27N3/c1-14(2)13-17-11-6-10-16-9-5-8-15-7-3-4-12-18-15/h3-4,7,12,14,16-17H,5-6,8-11,13H2,1-2H3. The molecular weight excluding hydrogens is 222 g/mol. The average Bonchev–Trinajstić information content (AvgIpc) is 2.37. The molecule has 0 aromatic carbocycles. The fraction of sp³-hybridized carbons (Fsp3) is 0.667. The largest absolute Gasteiger partial charge is 0.317 e. The second-order valence-corrected chi connectivity index (χ2v) is 5.13. The number of aromatic nitrogens is 1. The van der Waals surface area contributed by atoms with Gasteiger partial charge in [-0.1, -0.05) is 19.9 Å². The molecule has 0 aliphatic rings. The summed E-state index contributed by atoms with van der Waals surface area (Å²) in [7, 11) is 0. The second-order valence-electron chi connectivity index (χ2n) is 5.13. The van der Waals surface area contributed by atoms with Crippen molar-refractivity contribution in [3.05, 3.63) is 30.1 Å². The van der Waals surface area contributed by atoms with Gasteiger partial charge in [-0.25, -0.2) is 0 Å². The summed E-state index contributed by atoms with van der Waals surface area (Å²) in [6.07, 6.45) is 5.30. The summed E-state index contributed by atoms with van der Waals surface area (Å²) in [4.78, 5) is 4.32. The summed E-state index contributed by atoms with van der Waals surface area (Å²) in [6.45, 7) is 8.91. The van der Waals surface area contributed by atoms with Crippen LogP contribution in [0.25, 0.3) is 0 Å². The predicted molar refractivity (Wildman–Crippen MR) is 77.8 cm³/mol. The Kier molecular flexibility index (Phi) is 8.43. The van der Waals surface area contributed by atoms with Crippen LogP contribution in [0.4, 0.5) is 0 Å². The van der Waals surface area contributed by atoms with E-state index >= 15 is 0 Å². The van der Waals surface area contributed by atoms with Crippen LogP contribution in [0.3, 0.4) is 0 Å². The van der Waals surface area contributed by atoms with E-state index in [4.69, 9.17) is 0 Å². The fourth-order valence-corrected chi connectivity index (χ4v) is 1.79. The zero-order chi connectivity index (χ0) is 13.1. The van der Waals surface area contributed by atoms with Crippen molar-refractivity contribution >= 4 is 0 Å². The normalized spacial score (nSPS) is 11.1. The molecule has 0 atom stereocenters. The van der Waals surface area contributed by atoms with E-state index in [-0.39, 0.29) is 0 Å². The maximum Gasteiger partial charge on any atom is 0.0404 e. The second kappa shape index (κ2) is 10.0. The van der Waals surface area contributed by atoms with Gasteiger partial charge in [0.05, 0.1) is 0 Å². The molecule has 0 saturated heterocycles. The lowest BCUT2D eigenvalue weighted by molar-refractivity contribution is 0.528. The molecule has 3 heteroatoms. The van der Waals surface area contributed by atoms with Gasteiger partial charge >= 0.3 is 0 Å². The highest BCUT2D eigenvalue weighted by Crippen LogP contribution is 1.96. The van der Waals surface area contributed by atoms with Gasteiger partial charge in [0, 0.05) is 11.9 Å². The minimum atomic E-state index is 0.747. The third-order valence-corrected chi connectivity index (χ3v) is 2.77. The minimum absolute atomic E-state index is 0.747. The van der Waals surface area contributed by atoms with E-state index in [1.54, 1.807) is 0 Å². The molecule has 0 saturated carbocycles. The van der Waals surface area contributed by atoms with Crippen LogP contribution in [0.1, 0.15) is 32.4 Å². The number of rotatable bonds is 10. The first-order valence-electron chi connectivity index (χ1n) is 7.10. The van der Waals surface area contributed by atoms with Gasteiger partial charge in [0.1, 0.15) is 0 Å². The number of pyridine rings is 1. The zero-order valence-electron chi connectivity index (χ0n) is 11.8. The van der Waals surface area contributed by atoms with Crippen molar-refractivity contribution in [2.75, 3.05) is 26.2 Å². The van der Waals surface area contributed by atoms with Crippen LogP contribution in [0, 0.1) is 5.92 Å². The summed E-state index contributed by atoms with van der Waals surface area (Å²) in [5.74, 6) is 0.747. The number of nitrogens with one attached hydrogen (secondary N) is 2. The molecule has 0 fully saturated rings. The molecule has 0 amide bonds. The lowest BCUT2D eigenvalue weighted by Gasteiger charge is -2.08.